The van der Waals surface area contributed by atoms with Gasteiger partial charge in [-0.3, -0.25) is 0 Å². The lowest BCUT2D eigenvalue weighted by Gasteiger charge is -2.08. The van der Waals surface area contributed by atoms with Crippen LogP contribution in [-0.4, -0.2) is 23.4 Å². The molecule has 0 spiro atoms. The van der Waals surface area contributed by atoms with Gasteiger partial charge in [0.25, 0.3) is 0 Å². The number of thioether (sulfide) groups is 1. The molecular formula is C7H7BBrFO2S. The van der Waals surface area contributed by atoms with Gasteiger partial charge in [-0.25, -0.2) is 4.39 Å². The van der Waals surface area contributed by atoms with Crippen LogP contribution >= 0.6 is 27.7 Å². The molecule has 6 heteroatoms. The lowest BCUT2D eigenvalue weighted by atomic mass is 9.80. The van der Waals surface area contributed by atoms with Gasteiger partial charge in [-0.2, -0.15) is 0 Å². The Bertz CT molecular complexity index is 322. The first kappa shape index (κ1) is 11.0. The Morgan fingerprint density at radius 1 is 1.46 bits per heavy atom. The number of benzene rings is 1. The van der Waals surface area contributed by atoms with E-state index in [9.17, 15) is 4.39 Å². The van der Waals surface area contributed by atoms with E-state index in [1.54, 1.807) is 6.07 Å². The summed E-state index contributed by atoms with van der Waals surface area (Å²) in [5, 5.41) is 17.8. The second-order valence-corrected chi connectivity index (χ2v) is 3.99. The Labute approximate surface area is 88.4 Å². The highest BCUT2D eigenvalue weighted by Gasteiger charge is 2.21. The van der Waals surface area contributed by atoms with Gasteiger partial charge in [0.05, 0.1) is 0 Å². The summed E-state index contributed by atoms with van der Waals surface area (Å²) in [6, 6.07) is 2.79. The van der Waals surface area contributed by atoms with Gasteiger partial charge in [-0.15, -0.1) is 11.8 Å². The van der Waals surface area contributed by atoms with Gasteiger partial charge < -0.3 is 10.0 Å². The molecule has 1 rings (SSSR count). The molecule has 0 aliphatic heterocycles. The first-order valence-corrected chi connectivity index (χ1v) is 5.47. The Kier molecular flexibility index (Phi) is 3.79. The Balaban J connectivity index is 3.30. The summed E-state index contributed by atoms with van der Waals surface area (Å²) >= 11 is 4.51. The van der Waals surface area contributed by atoms with Crippen LogP contribution in [0.25, 0.3) is 0 Å². The molecule has 2 N–H and O–H groups in total. The maximum Gasteiger partial charge on any atom is 0.492 e. The van der Waals surface area contributed by atoms with Crippen molar-refractivity contribution in [2.45, 2.75) is 4.90 Å². The van der Waals surface area contributed by atoms with Gasteiger partial charge >= 0.3 is 7.12 Å². The molecule has 0 bridgehead atoms. The standard InChI is InChI=1S/C7H7BBrFO2S/c1-13-5-3-2-4(10)6(7(5)9)8(11)12/h2-3,11-12H,1H3. The first-order chi connectivity index (χ1) is 6.07. The Morgan fingerprint density at radius 2 is 2.08 bits per heavy atom. The van der Waals surface area contributed by atoms with Crippen LogP contribution in [0.2, 0.25) is 0 Å². The van der Waals surface area contributed by atoms with Crippen LogP contribution in [0, 0.1) is 5.82 Å². The molecule has 0 heterocycles. The summed E-state index contributed by atoms with van der Waals surface area (Å²) in [4.78, 5) is 0.768. The number of hydrogen-bond donors (Lipinski definition) is 2. The average Bonchev–Trinajstić information content (AvgIpc) is 2.04. The van der Waals surface area contributed by atoms with Crippen molar-refractivity contribution in [3.05, 3.63) is 22.4 Å². The predicted octanol–water partition coefficient (Wildman–Crippen LogP) is 0.990. The molecule has 70 valence electrons. The van der Waals surface area contributed by atoms with Crippen LogP contribution in [0.5, 0.6) is 0 Å². The Morgan fingerprint density at radius 3 is 2.54 bits per heavy atom. The van der Waals surface area contributed by atoms with Crippen molar-refractivity contribution in [3.63, 3.8) is 0 Å². The second-order valence-electron chi connectivity index (χ2n) is 2.35. The van der Waals surface area contributed by atoms with E-state index in [1.807, 2.05) is 6.26 Å². The van der Waals surface area contributed by atoms with Crippen LogP contribution in [0.15, 0.2) is 21.5 Å². The van der Waals surface area contributed by atoms with Crippen LogP contribution < -0.4 is 5.46 Å². The second kappa shape index (κ2) is 4.46. The molecule has 0 saturated heterocycles. The topological polar surface area (TPSA) is 40.5 Å². The smallest absolute Gasteiger partial charge is 0.423 e. The van der Waals surface area contributed by atoms with E-state index in [2.05, 4.69) is 15.9 Å². The zero-order chi connectivity index (χ0) is 10.0. The normalized spacial score (nSPS) is 10.2. The van der Waals surface area contributed by atoms with Crippen molar-refractivity contribution in [1.82, 2.24) is 0 Å². The van der Waals surface area contributed by atoms with Gasteiger partial charge in [0.2, 0.25) is 0 Å². The first-order valence-electron chi connectivity index (χ1n) is 3.46. The van der Waals surface area contributed by atoms with Crippen LogP contribution in [0.3, 0.4) is 0 Å². The third kappa shape index (κ3) is 2.25. The summed E-state index contributed by atoms with van der Waals surface area (Å²) < 4.78 is 13.5. The van der Waals surface area contributed by atoms with Crippen molar-refractivity contribution in [2.75, 3.05) is 6.26 Å². The van der Waals surface area contributed by atoms with Gasteiger partial charge in [-0.1, -0.05) is 0 Å². The predicted molar refractivity (Wildman–Crippen MR) is 55.7 cm³/mol. The summed E-state index contributed by atoms with van der Waals surface area (Å²) in [6.45, 7) is 0. The molecule has 0 aromatic heterocycles. The van der Waals surface area contributed by atoms with E-state index in [4.69, 9.17) is 10.0 Å². The lowest BCUT2D eigenvalue weighted by Crippen LogP contribution is -2.34. The highest BCUT2D eigenvalue weighted by atomic mass is 79.9. The van der Waals surface area contributed by atoms with Crippen molar-refractivity contribution < 1.29 is 14.4 Å². The molecule has 0 unspecified atom stereocenters. The van der Waals surface area contributed by atoms with Gasteiger partial charge in [-0.05, 0) is 34.3 Å². The molecular weight excluding hydrogens is 258 g/mol. The van der Waals surface area contributed by atoms with E-state index in [-0.39, 0.29) is 5.46 Å². The summed E-state index contributed by atoms with van der Waals surface area (Å²) in [5.41, 5.74) is -0.119. The van der Waals surface area contributed by atoms with Gasteiger partial charge in [0, 0.05) is 14.8 Å². The van der Waals surface area contributed by atoms with E-state index in [1.165, 1.54) is 17.8 Å². The number of rotatable bonds is 2. The van der Waals surface area contributed by atoms with Gasteiger partial charge in [0.15, 0.2) is 0 Å². The molecule has 1 aromatic carbocycles. The monoisotopic (exact) mass is 264 g/mol. The Hall–Kier alpha value is -0.0351. The summed E-state index contributed by atoms with van der Waals surface area (Å²) in [5.74, 6) is -0.625. The quantitative estimate of drug-likeness (QED) is 0.618. The third-order valence-corrected chi connectivity index (χ3v) is 3.47. The van der Waals surface area contributed by atoms with Crippen molar-refractivity contribution in [2.24, 2.45) is 0 Å². The molecule has 13 heavy (non-hydrogen) atoms. The van der Waals surface area contributed by atoms with Gasteiger partial charge in [0.1, 0.15) is 5.82 Å². The minimum Gasteiger partial charge on any atom is -0.423 e. The number of halogens is 2. The van der Waals surface area contributed by atoms with Crippen molar-refractivity contribution in [3.8, 4) is 0 Å². The molecule has 0 amide bonds. The highest BCUT2D eigenvalue weighted by Crippen LogP contribution is 2.24. The zero-order valence-corrected chi connectivity index (χ0v) is 9.19. The molecule has 2 nitrogen and oxygen atoms in total. The van der Waals surface area contributed by atoms with E-state index >= 15 is 0 Å². The fourth-order valence-electron chi connectivity index (χ4n) is 0.944. The van der Waals surface area contributed by atoms with Crippen LogP contribution in [0.1, 0.15) is 0 Å². The molecule has 0 atom stereocenters. The summed E-state index contributed by atoms with van der Waals surface area (Å²) in [6.07, 6.45) is 1.82. The fourth-order valence-corrected chi connectivity index (χ4v) is 2.45. The molecule has 1 aromatic rings. The van der Waals surface area contributed by atoms with Crippen molar-refractivity contribution in [1.29, 1.82) is 0 Å². The molecule has 0 fully saturated rings. The maximum absolute atomic E-state index is 13.1. The SMILES string of the molecule is CSc1ccc(F)c(B(O)O)c1Br. The van der Waals surface area contributed by atoms with Crippen molar-refractivity contribution >= 4 is 40.3 Å². The van der Waals surface area contributed by atoms with Crippen LogP contribution in [0.4, 0.5) is 4.39 Å². The zero-order valence-electron chi connectivity index (χ0n) is 6.79. The molecule has 0 aliphatic carbocycles. The lowest BCUT2D eigenvalue weighted by molar-refractivity contribution is 0.422. The largest absolute Gasteiger partial charge is 0.492 e. The minimum absolute atomic E-state index is 0.119. The maximum atomic E-state index is 13.1. The third-order valence-electron chi connectivity index (χ3n) is 1.57. The molecule has 0 aliphatic rings. The minimum atomic E-state index is -1.79. The summed E-state index contributed by atoms with van der Waals surface area (Å²) in [7, 11) is -1.79. The fraction of sp³-hybridized carbons (Fsp3) is 0.143. The molecule has 0 radical (unpaired) electrons. The average molecular weight is 265 g/mol. The number of hydrogen-bond acceptors (Lipinski definition) is 3. The highest BCUT2D eigenvalue weighted by molar-refractivity contribution is 9.10. The van der Waals surface area contributed by atoms with E-state index in [0.29, 0.717) is 4.47 Å². The van der Waals surface area contributed by atoms with E-state index in [0.717, 1.165) is 4.90 Å². The molecule has 0 saturated carbocycles. The van der Waals surface area contributed by atoms with Crippen LogP contribution in [-0.2, 0) is 0 Å². The van der Waals surface area contributed by atoms with E-state index < -0.39 is 12.9 Å².